The Labute approximate surface area is 118 Å². The van der Waals surface area contributed by atoms with E-state index in [2.05, 4.69) is 0 Å². The van der Waals surface area contributed by atoms with Crippen molar-refractivity contribution < 1.29 is 15.0 Å². The molecule has 2 aromatic rings. The Morgan fingerprint density at radius 3 is 2.25 bits per heavy atom. The number of phenolic OH excluding ortho intramolecular Hbond substituents is 2. The Hall–Kier alpha value is -2.29. The number of aromatic hydroxyl groups is 2. The summed E-state index contributed by atoms with van der Waals surface area (Å²) in [7, 11) is 0. The number of benzene rings is 2. The van der Waals surface area contributed by atoms with Crippen LogP contribution in [0.2, 0.25) is 0 Å². The summed E-state index contributed by atoms with van der Waals surface area (Å²) in [5, 5.41) is 19.9. The van der Waals surface area contributed by atoms with Gasteiger partial charge in [0.05, 0.1) is 5.56 Å². The molecule has 2 rings (SSSR count). The van der Waals surface area contributed by atoms with E-state index < -0.39 is 0 Å². The number of carbonyl (C=O) groups is 1. The van der Waals surface area contributed by atoms with Crippen LogP contribution in [0.25, 0.3) is 0 Å². The fourth-order valence-electron chi connectivity index (χ4n) is 2.32. The van der Waals surface area contributed by atoms with Crippen molar-refractivity contribution in [3.63, 3.8) is 0 Å². The van der Waals surface area contributed by atoms with Crippen molar-refractivity contribution in [1.29, 1.82) is 0 Å². The SMILES string of the molecule is CCc1ccccc1C(=O)c1cc(O)cc(CC)c1O. The molecule has 0 saturated carbocycles. The third kappa shape index (κ3) is 2.52. The van der Waals surface area contributed by atoms with E-state index in [0.717, 1.165) is 12.0 Å². The molecule has 0 aliphatic rings. The normalized spacial score (nSPS) is 10.5. The predicted octanol–water partition coefficient (Wildman–Crippen LogP) is 3.45. The Morgan fingerprint density at radius 2 is 1.60 bits per heavy atom. The van der Waals surface area contributed by atoms with Gasteiger partial charge in [0.2, 0.25) is 0 Å². The van der Waals surface area contributed by atoms with E-state index in [1.54, 1.807) is 12.1 Å². The molecule has 0 aliphatic carbocycles. The van der Waals surface area contributed by atoms with Crippen molar-refractivity contribution in [3.8, 4) is 11.5 Å². The lowest BCUT2D eigenvalue weighted by Crippen LogP contribution is -2.06. The summed E-state index contributed by atoms with van der Waals surface area (Å²) in [5.41, 5.74) is 2.22. The maximum atomic E-state index is 12.6. The van der Waals surface area contributed by atoms with Gasteiger partial charge in [-0.1, -0.05) is 38.1 Å². The van der Waals surface area contributed by atoms with E-state index >= 15 is 0 Å². The Kier molecular flexibility index (Phi) is 4.08. The highest BCUT2D eigenvalue weighted by molar-refractivity contribution is 6.12. The van der Waals surface area contributed by atoms with Gasteiger partial charge in [-0.2, -0.15) is 0 Å². The number of aryl methyl sites for hydroxylation is 2. The van der Waals surface area contributed by atoms with E-state index in [1.807, 2.05) is 26.0 Å². The number of phenols is 2. The number of hydrogen-bond acceptors (Lipinski definition) is 3. The zero-order chi connectivity index (χ0) is 14.7. The average Bonchev–Trinajstić information content (AvgIpc) is 2.48. The summed E-state index contributed by atoms with van der Waals surface area (Å²) in [6, 6.07) is 10.1. The molecule has 0 fully saturated rings. The first-order valence-corrected chi connectivity index (χ1v) is 6.75. The first-order valence-electron chi connectivity index (χ1n) is 6.75. The molecule has 2 N–H and O–H groups in total. The molecule has 20 heavy (non-hydrogen) atoms. The highest BCUT2D eigenvalue weighted by Crippen LogP contribution is 2.30. The second-order valence-corrected chi connectivity index (χ2v) is 4.69. The summed E-state index contributed by atoms with van der Waals surface area (Å²) < 4.78 is 0. The standard InChI is InChI=1S/C17H18O3/c1-3-11-7-5-6-8-14(11)17(20)15-10-13(18)9-12(4-2)16(15)19/h5-10,18-19H,3-4H2,1-2H3. The average molecular weight is 270 g/mol. The zero-order valence-electron chi connectivity index (χ0n) is 11.7. The summed E-state index contributed by atoms with van der Waals surface area (Å²) in [6.07, 6.45) is 1.29. The monoisotopic (exact) mass is 270 g/mol. The van der Waals surface area contributed by atoms with Gasteiger partial charge in [0.25, 0.3) is 0 Å². The summed E-state index contributed by atoms with van der Waals surface area (Å²) in [4.78, 5) is 12.6. The van der Waals surface area contributed by atoms with Crippen LogP contribution in [0.1, 0.15) is 40.9 Å². The molecule has 0 spiro atoms. The minimum atomic E-state index is -0.259. The molecule has 0 unspecified atom stereocenters. The highest BCUT2D eigenvalue weighted by Gasteiger charge is 2.19. The van der Waals surface area contributed by atoms with E-state index in [-0.39, 0.29) is 22.8 Å². The fraction of sp³-hybridized carbons (Fsp3) is 0.235. The lowest BCUT2D eigenvalue weighted by molar-refractivity contribution is 0.103. The minimum Gasteiger partial charge on any atom is -0.508 e. The molecule has 0 amide bonds. The maximum absolute atomic E-state index is 12.6. The second kappa shape index (κ2) is 5.78. The molecular formula is C17H18O3. The third-order valence-corrected chi connectivity index (χ3v) is 3.44. The van der Waals surface area contributed by atoms with Gasteiger partial charge in [-0.25, -0.2) is 0 Å². The first-order chi connectivity index (χ1) is 9.58. The quantitative estimate of drug-likeness (QED) is 0.661. The predicted molar refractivity (Wildman–Crippen MR) is 78.4 cm³/mol. The van der Waals surface area contributed by atoms with Crippen LogP contribution in [-0.2, 0) is 12.8 Å². The van der Waals surface area contributed by atoms with Crippen molar-refractivity contribution in [1.82, 2.24) is 0 Å². The van der Waals surface area contributed by atoms with Crippen LogP contribution in [0.5, 0.6) is 11.5 Å². The van der Waals surface area contributed by atoms with Crippen molar-refractivity contribution in [2.24, 2.45) is 0 Å². The van der Waals surface area contributed by atoms with Crippen LogP contribution in [-0.4, -0.2) is 16.0 Å². The van der Waals surface area contributed by atoms with E-state index in [0.29, 0.717) is 17.5 Å². The van der Waals surface area contributed by atoms with Gasteiger partial charge in [0.15, 0.2) is 5.78 Å². The molecule has 0 aliphatic heterocycles. The van der Waals surface area contributed by atoms with Crippen LogP contribution in [0.3, 0.4) is 0 Å². The van der Waals surface area contributed by atoms with Gasteiger partial charge in [-0.15, -0.1) is 0 Å². The summed E-state index contributed by atoms with van der Waals surface area (Å²) >= 11 is 0. The van der Waals surface area contributed by atoms with Crippen molar-refractivity contribution in [2.75, 3.05) is 0 Å². The summed E-state index contributed by atoms with van der Waals surface area (Å²) in [6.45, 7) is 3.84. The molecule has 0 heterocycles. The van der Waals surface area contributed by atoms with Crippen LogP contribution in [0, 0.1) is 0 Å². The number of ketones is 1. The van der Waals surface area contributed by atoms with Crippen LogP contribution in [0.4, 0.5) is 0 Å². The molecule has 3 nitrogen and oxygen atoms in total. The Balaban J connectivity index is 2.56. The Morgan fingerprint density at radius 1 is 0.950 bits per heavy atom. The number of carbonyl (C=O) groups excluding carboxylic acids is 1. The molecular weight excluding hydrogens is 252 g/mol. The number of hydrogen-bond donors (Lipinski definition) is 2. The van der Waals surface area contributed by atoms with Crippen molar-refractivity contribution >= 4 is 5.78 Å². The van der Waals surface area contributed by atoms with Gasteiger partial charge < -0.3 is 10.2 Å². The topological polar surface area (TPSA) is 57.5 Å². The minimum absolute atomic E-state index is 0.00280. The molecule has 0 saturated heterocycles. The third-order valence-electron chi connectivity index (χ3n) is 3.44. The summed E-state index contributed by atoms with van der Waals surface area (Å²) in [5.74, 6) is -0.302. The lowest BCUT2D eigenvalue weighted by atomic mass is 9.94. The highest BCUT2D eigenvalue weighted by atomic mass is 16.3. The van der Waals surface area contributed by atoms with Crippen molar-refractivity contribution in [2.45, 2.75) is 26.7 Å². The van der Waals surface area contributed by atoms with Gasteiger partial charge in [0, 0.05) is 5.56 Å². The molecule has 0 bridgehead atoms. The van der Waals surface area contributed by atoms with Crippen LogP contribution in [0.15, 0.2) is 36.4 Å². The molecule has 0 aromatic heterocycles. The zero-order valence-corrected chi connectivity index (χ0v) is 11.7. The first kappa shape index (κ1) is 14.1. The van der Waals surface area contributed by atoms with Gasteiger partial charge in [-0.3, -0.25) is 4.79 Å². The van der Waals surface area contributed by atoms with Crippen molar-refractivity contribution in [3.05, 3.63) is 58.7 Å². The van der Waals surface area contributed by atoms with E-state index in [9.17, 15) is 15.0 Å². The maximum Gasteiger partial charge on any atom is 0.197 e. The molecule has 3 heteroatoms. The van der Waals surface area contributed by atoms with E-state index in [4.69, 9.17) is 0 Å². The fourth-order valence-corrected chi connectivity index (χ4v) is 2.32. The van der Waals surface area contributed by atoms with Gasteiger partial charge in [0.1, 0.15) is 11.5 Å². The Bertz CT molecular complexity index is 645. The molecule has 0 atom stereocenters. The van der Waals surface area contributed by atoms with Crippen LogP contribution >= 0.6 is 0 Å². The van der Waals surface area contributed by atoms with E-state index in [1.165, 1.54) is 12.1 Å². The lowest BCUT2D eigenvalue weighted by Gasteiger charge is -2.11. The second-order valence-electron chi connectivity index (χ2n) is 4.69. The smallest absolute Gasteiger partial charge is 0.197 e. The molecule has 0 radical (unpaired) electrons. The largest absolute Gasteiger partial charge is 0.508 e. The number of rotatable bonds is 4. The van der Waals surface area contributed by atoms with Crippen LogP contribution < -0.4 is 0 Å². The van der Waals surface area contributed by atoms with Gasteiger partial charge in [-0.05, 0) is 36.1 Å². The molecule has 2 aromatic carbocycles. The van der Waals surface area contributed by atoms with Gasteiger partial charge >= 0.3 is 0 Å². The molecule has 104 valence electrons.